The highest BCUT2D eigenvalue weighted by atomic mass is 79.9. The van der Waals surface area contributed by atoms with Crippen molar-refractivity contribution in [2.75, 3.05) is 6.54 Å². The van der Waals surface area contributed by atoms with Gasteiger partial charge in [0.05, 0.1) is 3.79 Å². The van der Waals surface area contributed by atoms with E-state index < -0.39 is 0 Å². The van der Waals surface area contributed by atoms with Crippen LogP contribution in [-0.4, -0.2) is 12.6 Å². The molecule has 1 saturated heterocycles. The van der Waals surface area contributed by atoms with Gasteiger partial charge in [0.25, 0.3) is 0 Å². The molecule has 1 nitrogen and oxygen atoms in total. The highest BCUT2D eigenvalue weighted by molar-refractivity contribution is 9.11. The predicted molar refractivity (Wildman–Crippen MR) is 66.1 cm³/mol. The second kappa shape index (κ2) is 3.95. The van der Waals surface area contributed by atoms with Crippen LogP contribution in [0, 0.1) is 0 Å². The summed E-state index contributed by atoms with van der Waals surface area (Å²) in [6.07, 6.45) is 2.63. The molecule has 1 N–H and O–H groups in total. The van der Waals surface area contributed by atoms with Crippen LogP contribution in [0.25, 0.3) is 0 Å². The van der Waals surface area contributed by atoms with Crippen LogP contribution in [0.1, 0.15) is 31.6 Å². The largest absolute Gasteiger partial charge is 0.313 e. The monoisotopic (exact) mass is 273 g/mol. The van der Waals surface area contributed by atoms with E-state index in [1.54, 1.807) is 0 Å². The second-order valence-corrected chi connectivity index (χ2v) is 6.94. The number of halogens is 1. The molecule has 0 spiro atoms. The first-order chi connectivity index (χ1) is 6.60. The standard InChI is InChI=1S/C11H16BrNS/c1-11(2,8-4-3-7-13-8)9-5-6-10(12)14-9/h5-6,8,13H,3-4,7H2,1-2H3. The number of rotatable bonds is 2. The normalized spacial score (nSPS) is 22.9. The van der Waals surface area contributed by atoms with Gasteiger partial charge in [-0.2, -0.15) is 0 Å². The molecule has 78 valence electrons. The van der Waals surface area contributed by atoms with Gasteiger partial charge in [-0.05, 0) is 47.4 Å². The van der Waals surface area contributed by atoms with E-state index in [2.05, 4.69) is 47.2 Å². The van der Waals surface area contributed by atoms with E-state index in [1.165, 1.54) is 28.0 Å². The van der Waals surface area contributed by atoms with Crippen molar-refractivity contribution in [2.45, 2.75) is 38.1 Å². The molecule has 0 saturated carbocycles. The van der Waals surface area contributed by atoms with Gasteiger partial charge in [-0.15, -0.1) is 11.3 Å². The molecule has 0 aliphatic carbocycles. The van der Waals surface area contributed by atoms with Gasteiger partial charge in [0.1, 0.15) is 0 Å². The average molecular weight is 274 g/mol. The maximum Gasteiger partial charge on any atom is 0.0701 e. The number of thiophene rings is 1. The van der Waals surface area contributed by atoms with Gasteiger partial charge in [-0.3, -0.25) is 0 Å². The van der Waals surface area contributed by atoms with Gasteiger partial charge in [0.2, 0.25) is 0 Å². The molecule has 14 heavy (non-hydrogen) atoms. The van der Waals surface area contributed by atoms with Crippen molar-refractivity contribution in [1.82, 2.24) is 5.32 Å². The maximum atomic E-state index is 3.60. The molecule has 1 aromatic rings. The Labute approximate surface area is 98.0 Å². The van der Waals surface area contributed by atoms with Gasteiger partial charge < -0.3 is 5.32 Å². The molecule has 3 heteroatoms. The maximum absolute atomic E-state index is 3.60. The summed E-state index contributed by atoms with van der Waals surface area (Å²) < 4.78 is 1.23. The highest BCUT2D eigenvalue weighted by Gasteiger charge is 2.34. The minimum Gasteiger partial charge on any atom is -0.313 e. The van der Waals surface area contributed by atoms with Gasteiger partial charge in [0, 0.05) is 16.3 Å². The molecule has 0 amide bonds. The molecule has 2 heterocycles. The number of nitrogens with one attached hydrogen (secondary N) is 1. The summed E-state index contributed by atoms with van der Waals surface area (Å²) in [5.74, 6) is 0. The molecule has 0 bridgehead atoms. The van der Waals surface area contributed by atoms with Crippen LogP contribution >= 0.6 is 27.3 Å². The lowest BCUT2D eigenvalue weighted by molar-refractivity contribution is 0.383. The lowest BCUT2D eigenvalue weighted by Crippen LogP contribution is -2.40. The SMILES string of the molecule is CC(C)(c1ccc(Br)s1)C1CCCN1. The van der Waals surface area contributed by atoms with Crippen LogP contribution in [0.4, 0.5) is 0 Å². The summed E-state index contributed by atoms with van der Waals surface area (Å²) in [6.45, 7) is 5.86. The first-order valence-electron chi connectivity index (χ1n) is 5.10. The van der Waals surface area contributed by atoms with E-state index in [-0.39, 0.29) is 5.41 Å². The van der Waals surface area contributed by atoms with Crippen molar-refractivity contribution in [3.8, 4) is 0 Å². The number of hydrogen-bond acceptors (Lipinski definition) is 2. The Kier molecular flexibility index (Phi) is 3.01. The lowest BCUT2D eigenvalue weighted by Gasteiger charge is -2.30. The fourth-order valence-corrected chi connectivity index (χ4v) is 3.68. The Bertz CT molecular complexity index is 313. The Hall–Kier alpha value is 0.140. The zero-order valence-electron chi connectivity index (χ0n) is 8.64. The Morgan fingerprint density at radius 3 is 2.79 bits per heavy atom. The van der Waals surface area contributed by atoms with E-state index >= 15 is 0 Å². The Morgan fingerprint density at radius 2 is 2.29 bits per heavy atom. The van der Waals surface area contributed by atoms with Crippen molar-refractivity contribution in [3.63, 3.8) is 0 Å². The summed E-state index contributed by atoms with van der Waals surface area (Å²) in [5, 5.41) is 3.60. The van der Waals surface area contributed by atoms with Crippen molar-refractivity contribution in [2.24, 2.45) is 0 Å². The second-order valence-electron chi connectivity index (χ2n) is 4.47. The van der Waals surface area contributed by atoms with Gasteiger partial charge >= 0.3 is 0 Å². The minimum absolute atomic E-state index is 0.271. The number of hydrogen-bond donors (Lipinski definition) is 1. The fourth-order valence-electron chi connectivity index (χ4n) is 2.13. The first-order valence-corrected chi connectivity index (χ1v) is 6.71. The Balaban J connectivity index is 2.22. The smallest absolute Gasteiger partial charge is 0.0701 e. The van der Waals surface area contributed by atoms with Crippen LogP contribution in [0.3, 0.4) is 0 Å². The van der Waals surface area contributed by atoms with Crippen molar-refractivity contribution in [3.05, 3.63) is 20.8 Å². The topological polar surface area (TPSA) is 12.0 Å². The van der Waals surface area contributed by atoms with Crippen molar-refractivity contribution in [1.29, 1.82) is 0 Å². The first kappa shape index (κ1) is 10.7. The van der Waals surface area contributed by atoms with Gasteiger partial charge in [0.15, 0.2) is 0 Å². The fraction of sp³-hybridized carbons (Fsp3) is 0.636. The van der Waals surface area contributed by atoms with E-state index in [0.717, 1.165) is 0 Å². The zero-order valence-corrected chi connectivity index (χ0v) is 11.0. The van der Waals surface area contributed by atoms with E-state index in [0.29, 0.717) is 6.04 Å². The highest BCUT2D eigenvalue weighted by Crippen LogP contribution is 2.37. The molecule has 1 aliphatic rings. The molecule has 2 rings (SSSR count). The average Bonchev–Trinajstić information content (AvgIpc) is 2.72. The molecule has 1 unspecified atom stereocenters. The van der Waals surface area contributed by atoms with E-state index in [9.17, 15) is 0 Å². The molecule has 1 fully saturated rings. The summed E-state index contributed by atoms with van der Waals surface area (Å²) in [5.41, 5.74) is 0.271. The van der Waals surface area contributed by atoms with Crippen LogP contribution in [0.15, 0.2) is 15.9 Å². The van der Waals surface area contributed by atoms with E-state index in [1.807, 2.05) is 11.3 Å². The Morgan fingerprint density at radius 1 is 1.50 bits per heavy atom. The molecular weight excluding hydrogens is 258 g/mol. The molecule has 1 aromatic heterocycles. The van der Waals surface area contributed by atoms with Crippen LogP contribution < -0.4 is 5.32 Å². The van der Waals surface area contributed by atoms with Crippen LogP contribution in [0.2, 0.25) is 0 Å². The van der Waals surface area contributed by atoms with Crippen molar-refractivity contribution >= 4 is 27.3 Å². The third kappa shape index (κ3) is 1.90. The van der Waals surface area contributed by atoms with E-state index in [4.69, 9.17) is 0 Å². The molecular formula is C11H16BrNS. The molecule has 1 atom stereocenters. The quantitative estimate of drug-likeness (QED) is 0.869. The molecule has 0 radical (unpaired) electrons. The van der Waals surface area contributed by atoms with Crippen LogP contribution in [0.5, 0.6) is 0 Å². The van der Waals surface area contributed by atoms with Gasteiger partial charge in [-0.25, -0.2) is 0 Å². The summed E-state index contributed by atoms with van der Waals surface area (Å²) in [4.78, 5) is 1.48. The predicted octanol–water partition coefficient (Wildman–Crippen LogP) is 3.54. The minimum atomic E-state index is 0.271. The summed E-state index contributed by atoms with van der Waals surface area (Å²) >= 11 is 5.39. The van der Waals surface area contributed by atoms with Gasteiger partial charge in [-0.1, -0.05) is 13.8 Å². The molecule has 1 aliphatic heterocycles. The lowest BCUT2D eigenvalue weighted by atomic mass is 9.82. The molecule has 0 aromatic carbocycles. The third-order valence-corrected chi connectivity index (χ3v) is 5.10. The summed E-state index contributed by atoms with van der Waals surface area (Å²) in [7, 11) is 0. The van der Waals surface area contributed by atoms with Crippen LogP contribution in [-0.2, 0) is 5.41 Å². The summed E-state index contributed by atoms with van der Waals surface area (Å²) in [6, 6.07) is 5.04. The van der Waals surface area contributed by atoms with Crippen molar-refractivity contribution < 1.29 is 0 Å². The zero-order chi connectivity index (χ0) is 10.2. The third-order valence-electron chi connectivity index (χ3n) is 3.14.